The number of nitrogens with zero attached hydrogens (tertiary/aromatic N) is 3. The van der Waals surface area contributed by atoms with Crippen LogP contribution < -0.4 is 5.32 Å². The van der Waals surface area contributed by atoms with Crippen LogP contribution in [0.1, 0.15) is 24.5 Å². The van der Waals surface area contributed by atoms with E-state index in [-0.39, 0.29) is 0 Å². The van der Waals surface area contributed by atoms with E-state index in [4.69, 9.17) is 4.98 Å². The molecular formula is C17H20N4. The number of aryl methyl sites for hydroxylation is 2. The average molecular weight is 280 g/mol. The van der Waals surface area contributed by atoms with Crippen molar-refractivity contribution in [2.24, 2.45) is 0 Å². The Bertz CT molecular complexity index is 774. The lowest BCUT2D eigenvalue weighted by Gasteiger charge is -2.10. The summed E-state index contributed by atoms with van der Waals surface area (Å²) < 4.78 is 2.02. The summed E-state index contributed by atoms with van der Waals surface area (Å²) in [6.07, 6.45) is 6.85. The van der Waals surface area contributed by atoms with Crippen molar-refractivity contribution in [3.8, 4) is 11.3 Å². The molecule has 3 aromatic rings. The molecule has 4 nitrogen and oxygen atoms in total. The summed E-state index contributed by atoms with van der Waals surface area (Å²) in [6, 6.07) is 6.45. The largest absolute Gasteiger partial charge is 0.367 e. The molecule has 0 bridgehead atoms. The van der Waals surface area contributed by atoms with Gasteiger partial charge >= 0.3 is 0 Å². The molecule has 0 aliphatic rings. The highest BCUT2D eigenvalue weighted by atomic mass is 15.1. The zero-order valence-electron chi connectivity index (χ0n) is 12.7. The van der Waals surface area contributed by atoms with Gasteiger partial charge in [0.15, 0.2) is 11.5 Å². The van der Waals surface area contributed by atoms with Crippen LogP contribution in [-0.4, -0.2) is 20.9 Å². The Hall–Kier alpha value is -2.36. The molecule has 1 N–H and O–H groups in total. The normalized spacial score (nSPS) is 11.0. The quantitative estimate of drug-likeness (QED) is 0.789. The van der Waals surface area contributed by atoms with Crippen LogP contribution in [0.4, 0.5) is 5.82 Å². The maximum absolute atomic E-state index is 4.76. The predicted molar refractivity (Wildman–Crippen MR) is 86.7 cm³/mol. The summed E-state index contributed by atoms with van der Waals surface area (Å²) in [4.78, 5) is 9.13. The van der Waals surface area contributed by atoms with Gasteiger partial charge in [-0.05, 0) is 37.5 Å². The molecule has 0 aliphatic carbocycles. The van der Waals surface area contributed by atoms with Crippen molar-refractivity contribution >= 4 is 11.5 Å². The van der Waals surface area contributed by atoms with Crippen LogP contribution in [0, 0.1) is 13.8 Å². The molecule has 0 fully saturated rings. The van der Waals surface area contributed by atoms with Gasteiger partial charge in [0.25, 0.3) is 0 Å². The van der Waals surface area contributed by atoms with Gasteiger partial charge in [-0.15, -0.1) is 0 Å². The highest BCUT2D eigenvalue weighted by molar-refractivity contribution is 5.69. The Morgan fingerprint density at radius 2 is 2.05 bits per heavy atom. The van der Waals surface area contributed by atoms with Gasteiger partial charge in [0.05, 0.1) is 5.69 Å². The SMILES string of the molecule is CCCNc1nc(-c2ccc(C)c(C)c2)cn2ccnc12. The number of hydrogen-bond donors (Lipinski definition) is 1. The van der Waals surface area contributed by atoms with E-state index in [9.17, 15) is 0 Å². The predicted octanol–water partition coefficient (Wildman–Crippen LogP) is 3.84. The zero-order chi connectivity index (χ0) is 14.8. The minimum atomic E-state index is 0.845. The van der Waals surface area contributed by atoms with Crippen LogP contribution in [0.2, 0.25) is 0 Å². The van der Waals surface area contributed by atoms with Crippen LogP contribution in [0.3, 0.4) is 0 Å². The van der Waals surface area contributed by atoms with E-state index in [2.05, 4.69) is 49.3 Å². The molecule has 0 amide bonds. The summed E-state index contributed by atoms with van der Waals surface area (Å²) in [5, 5.41) is 3.37. The zero-order valence-corrected chi connectivity index (χ0v) is 12.7. The van der Waals surface area contributed by atoms with E-state index in [1.54, 1.807) is 6.20 Å². The van der Waals surface area contributed by atoms with Gasteiger partial charge in [0, 0.05) is 30.7 Å². The average Bonchev–Trinajstić information content (AvgIpc) is 2.96. The standard InChI is InChI=1S/C17H20N4/c1-4-7-18-16-17-19-8-9-21(17)11-15(20-16)14-6-5-12(2)13(3)10-14/h5-6,8-11H,4,7H2,1-3H3,(H,18,20). The fourth-order valence-corrected chi connectivity index (χ4v) is 2.33. The van der Waals surface area contributed by atoms with Gasteiger partial charge in [0.2, 0.25) is 0 Å². The van der Waals surface area contributed by atoms with Gasteiger partial charge in [-0.1, -0.05) is 19.1 Å². The van der Waals surface area contributed by atoms with E-state index in [0.29, 0.717) is 0 Å². The first-order valence-electron chi connectivity index (χ1n) is 7.34. The topological polar surface area (TPSA) is 42.2 Å². The Balaban J connectivity index is 2.11. The highest BCUT2D eigenvalue weighted by Crippen LogP contribution is 2.23. The van der Waals surface area contributed by atoms with E-state index in [1.165, 1.54) is 11.1 Å². The summed E-state index contributed by atoms with van der Waals surface area (Å²) >= 11 is 0. The molecule has 2 aromatic heterocycles. The highest BCUT2D eigenvalue weighted by Gasteiger charge is 2.09. The summed E-state index contributed by atoms with van der Waals surface area (Å²) in [7, 11) is 0. The van der Waals surface area contributed by atoms with Crippen LogP contribution in [0.15, 0.2) is 36.8 Å². The Kier molecular flexibility index (Phi) is 3.60. The molecule has 0 spiro atoms. The molecule has 108 valence electrons. The fourth-order valence-electron chi connectivity index (χ4n) is 2.33. The van der Waals surface area contributed by atoms with Crippen molar-refractivity contribution in [3.63, 3.8) is 0 Å². The van der Waals surface area contributed by atoms with Crippen molar-refractivity contribution in [2.75, 3.05) is 11.9 Å². The maximum atomic E-state index is 4.76. The Morgan fingerprint density at radius 1 is 1.19 bits per heavy atom. The lowest BCUT2D eigenvalue weighted by Crippen LogP contribution is -2.05. The summed E-state index contributed by atoms with van der Waals surface area (Å²) in [5.74, 6) is 0.845. The van der Waals surface area contributed by atoms with Crippen molar-refractivity contribution in [2.45, 2.75) is 27.2 Å². The number of aromatic nitrogens is 3. The first-order chi connectivity index (χ1) is 10.2. The number of nitrogens with one attached hydrogen (secondary N) is 1. The van der Waals surface area contributed by atoms with E-state index >= 15 is 0 Å². The third kappa shape index (κ3) is 2.61. The second-order valence-electron chi connectivity index (χ2n) is 5.36. The molecule has 4 heteroatoms. The molecule has 1 aromatic carbocycles. The van der Waals surface area contributed by atoms with Gasteiger partial charge in [-0.2, -0.15) is 0 Å². The molecule has 0 aliphatic heterocycles. The molecule has 0 unspecified atom stereocenters. The number of imidazole rings is 1. The van der Waals surface area contributed by atoms with Crippen molar-refractivity contribution < 1.29 is 0 Å². The number of rotatable bonds is 4. The number of fused-ring (bicyclic) bond motifs is 1. The van der Waals surface area contributed by atoms with Crippen LogP contribution >= 0.6 is 0 Å². The smallest absolute Gasteiger partial charge is 0.180 e. The van der Waals surface area contributed by atoms with Crippen molar-refractivity contribution in [1.29, 1.82) is 0 Å². The molecule has 0 saturated carbocycles. The Labute approximate surface area is 124 Å². The first-order valence-corrected chi connectivity index (χ1v) is 7.34. The molecule has 0 radical (unpaired) electrons. The summed E-state index contributed by atoms with van der Waals surface area (Å²) in [5.41, 5.74) is 5.54. The van der Waals surface area contributed by atoms with Gasteiger partial charge < -0.3 is 9.72 Å². The van der Waals surface area contributed by atoms with Crippen LogP contribution in [0.25, 0.3) is 16.9 Å². The second-order valence-corrected chi connectivity index (χ2v) is 5.36. The van der Waals surface area contributed by atoms with Gasteiger partial charge in [0.1, 0.15) is 0 Å². The molecule has 0 saturated heterocycles. The van der Waals surface area contributed by atoms with Crippen LogP contribution in [0.5, 0.6) is 0 Å². The van der Waals surface area contributed by atoms with Crippen LogP contribution in [-0.2, 0) is 0 Å². The van der Waals surface area contributed by atoms with E-state index < -0.39 is 0 Å². The molecule has 3 rings (SSSR count). The second kappa shape index (κ2) is 5.56. The molecule has 2 heterocycles. The lowest BCUT2D eigenvalue weighted by atomic mass is 10.0. The van der Waals surface area contributed by atoms with Gasteiger partial charge in [-0.3, -0.25) is 0 Å². The van der Waals surface area contributed by atoms with E-state index in [0.717, 1.165) is 35.7 Å². The number of benzene rings is 1. The van der Waals surface area contributed by atoms with Gasteiger partial charge in [-0.25, -0.2) is 9.97 Å². The number of hydrogen-bond acceptors (Lipinski definition) is 3. The molecular weight excluding hydrogens is 260 g/mol. The summed E-state index contributed by atoms with van der Waals surface area (Å²) in [6.45, 7) is 7.29. The van der Waals surface area contributed by atoms with Crippen molar-refractivity contribution in [3.05, 3.63) is 47.9 Å². The molecule has 21 heavy (non-hydrogen) atoms. The minimum absolute atomic E-state index is 0.845. The van der Waals surface area contributed by atoms with Crippen molar-refractivity contribution in [1.82, 2.24) is 14.4 Å². The third-order valence-electron chi connectivity index (χ3n) is 3.72. The minimum Gasteiger partial charge on any atom is -0.367 e. The Morgan fingerprint density at radius 3 is 2.81 bits per heavy atom. The lowest BCUT2D eigenvalue weighted by molar-refractivity contribution is 0.965. The maximum Gasteiger partial charge on any atom is 0.180 e. The number of anilines is 1. The third-order valence-corrected chi connectivity index (χ3v) is 3.72. The van der Waals surface area contributed by atoms with E-state index in [1.807, 2.05) is 16.8 Å². The fraction of sp³-hybridized carbons (Fsp3) is 0.294. The monoisotopic (exact) mass is 280 g/mol. The first kappa shape index (κ1) is 13.6. The molecule has 0 atom stereocenters.